The lowest BCUT2D eigenvalue weighted by Crippen LogP contribution is -2.54. The fraction of sp³-hybridized carbons (Fsp3) is 0.625. The number of alkyl halides is 1. The highest BCUT2D eigenvalue weighted by Gasteiger charge is 2.75. The van der Waals surface area contributed by atoms with Gasteiger partial charge >= 0.3 is 0 Å². The van der Waals surface area contributed by atoms with Crippen molar-refractivity contribution < 1.29 is 24.2 Å². The van der Waals surface area contributed by atoms with Crippen LogP contribution in [-0.4, -0.2) is 74.9 Å². The average molecular weight is 555 g/mol. The molecular formula is C24H32BrN3O5S. The first-order valence-corrected chi connectivity index (χ1v) is 13.7. The zero-order valence-electron chi connectivity index (χ0n) is 19.5. The molecule has 0 aliphatic carbocycles. The van der Waals surface area contributed by atoms with Gasteiger partial charge < -0.3 is 25.4 Å². The molecule has 3 aliphatic rings. The highest BCUT2D eigenvalue weighted by molar-refractivity contribution is 9.09. The summed E-state index contributed by atoms with van der Waals surface area (Å²) >= 11 is 5.33. The molecule has 2 bridgehead atoms. The van der Waals surface area contributed by atoms with Crippen LogP contribution in [0.3, 0.4) is 0 Å². The van der Waals surface area contributed by atoms with Gasteiger partial charge in [-0.15, -0.1) is 11.8 Å². The minimum Gasteiger partial charge on any atom is -0.494 e. The summed E-state index contributed by atoms with van der Waals surface area (Å²) in [5, 5.41) is 15.5. The van der Waals surface area contributed by atoms with E-state index in [4.69, 9.17) is 4.74 Å². The second-order valence-corrected chi connectivity index (χ2v) is 11.7. The van der Waals surface area contributed by atoms with Crippen molar-refractivity contribution >= 4 is 51.1 Å². The summed E-state index contributed by atoms with van der Waals surface area (Å²) in [6, 6.07) is 6.45. The molecule has 0 aromatic heterocycles. The van der Waals surface area contributed by atoms with E-state index in [1.54, 1.807) is 36.0 Å². The number of nitrogens with one attached hydrogen (secondary N) is 2. The Balaban J connectivity index is 1.60. The first-order chi connectivity index (χ1) is 16.4. The van der Waals surface area contributed by atoms with Crippen LogP contribution in [0.1, 0.15) is 33.1 Å². The maximum Gasteiger partial charge on any atom is 0.244 e. The van der Waals surface area contributed by atoms with Crippen molar-refractivity contribution in [3.8, 4) is 5.75 Å². The zero-order valence-corrected chi connectivity index (χ0v) is 21.9. The van der Waals surface area contributed by atoms with Crippen LogP contribution in [0.5, 0.6) is 5.75 Å². The Morgan fingerprint density at radius 1 is 1.26 bits per heavy atom. The fourth-order valence-corrected chi connectivity index (χ4v) is 9.20. The lowest BCUT2D eigenvalue weighted by atomic mass is 9.70. The van der Waals surface area contributed by atoms with Crippen LogP contribution >= 0.6 is 27.7 Å². The predicted octanol–water partition coefficient (Wildman–Crippen LogP) is 2.40. The van der Waals surface area contributed by atoms with Crippen LogP contribution in [0.2, 0.25) is 0 Å². The molecule has 8 nitrogen and oxygen atoms in total. The third-order valence-electron chi connectivity index (χ3n) is 6.94. The predicted molar refractivity (Wildman–Crippen MR) is 135 cm³/mol. The van der Waals surface area contributed by atoms with Gasteiger partial charge in [0.1, 0.15) is 11.8 Å². The summed E-state index contributed by atoms with van der Waals surface area (Å²) in [6.07, 6.45) is 2.43. The number of β-amino-alcohol motifs (C(OH)–C–C–N with tert-alkyl or cyclic N) is 1. The number of aliphatic hydroxyl groups excluding tert-OH is 1. The van der Waals surface area contributed by atoms with E-state index in [1.165, 1.54) is 4.90 Å². The van der Waals surface area contributed by atoms with Crippen molar-refractivity contribution in [2.45, 2.75) is 54.0 Å². The fourth-order valence-electron chi connectivity index (χ4n) is 5.59. The molecule has 1 aromatic carbocycles. The molecule has 34 heavy (non-hydrogen) atoms. The Labute approximate surface area is 212 Å². The second kappa shape index (κ2) is 10.5. The van der Waals surface area contributed by atoms with Crippen molar-refractivity contribution in [3.63, 3.8) is 0 Å². The summed E-state index contributed by atoms with van der Waals surface area (Å²) < 4.78 is 4.77. The number of thioether (sulfide) groups is 1. The van der Waals surface area contributed by atoms with Crippen LogP contribution in [0.25, 0.3) is 0 Å². The first kappa shape index (κ1) is 25.3. The monoisotopic (exact) mass is 553 g/mol. The van der Waals surface area contributed by atoms with Crippen LogP contribution in [0.4, 0.5) is 5.69 Å². The van der Waals surface area contributed by atoms with Gasteiger partial charge in [-0.05, 0) is 44.0 Å². The molecule has 3 heterocycles. The molecule has 3 saturated heterocycles. The van der Waals surface area contributed by atoms with Crippen molar-refractivity contribution in [3.05, 3.63) is 24.3 Å². The van der Waals surface area contributed by atoms with Gasteiger partial charge in [0, 0.05) is 28.9 Å². The number of benzene rings is 1. The Morgan fingerprint density at radius 2 is 2.00 bits per heavy atom. The van der Waals surface area contributed by atoms with E-state index in [9.17, 15) is 19.5 Å². The van der Waals surface area contributed by atoms with Gasteiger partial charge in [0.05, 0.1) is 29.8 Å². The lowest BCUT2D eigenvalue weighted by Gasteiger charge is -2.35. The van der Waals surface area contributed by atoms with Gasteiger partial charge in [-0.25, -0.2) is 0 Å². The zero-order chi connectivity index (χ0) is 24.5. The number of hydrogen-bond donors (Lipinski definition) is 3. The van der Waals surface area contributed by atoms with Crippen molar-refractivity contribution in [1.82, 2.24) is 10.2 Å². The van der Waals surface area contributed by atoms with E-state index in [0.29, 0.717) is 25.3 Å². The lowest BCUT2D eigenvalue weighted by molar-refractivity contribution is -0.139. The summed E-state index contributed by atoms with van der Waals surface area (Å²) in [6.45, 7) is 4.90. The number of amides is 3. The summed E-state index contributed by atoms with van der Waals surface area (Å²) in [5.74, 6) is -1.09. The van der Waals surface area contributed by atoms with Crippen molar-refractivity contribution in [2.24, 2.45) is 11.8 Å². The largest absolute Gasteiger partial charge is 0.494 e. The normalized spacial score (nSPS) is 31.5. The van der Waals surface area contributed by atoms with Gasteiger partial charge in [-0.1, -0.05) is 29.3 Å². The van der Waals surface area contributed by atoms with E-state index in [0.717, 1.165) is 18.6 Å². The number of nitrogens with zero attached hydrogens (tertiary/aromatic N) is 1. The highest BCUT2D eigenvalue weighted by atomic mass is 79.9. The molecular weight excluding hydrogens is 522 g/mol. The number of halogens is 1. The standard InChI is InChI=1S/C24H32BrN3O5S/c1-3-5-10-26-22(31)20-24-13-16(25)19(34-24)17(18(24)23(32)28(20)11-12-29)21(30)27-14-6-8-15(9-7-14)33-4-2/h6-9,16-20,29H,3-5,10-13H2,1-2H3,(H,26,31)(H,27,30)/t16?,17-,18-,19-,20?,24?/m0/s1. The topological polar surface area (TPSA) is 108 Å². The van der Waals surface area contributed by atoms with Gasteiger partial charge in [0.25, 0.3) is 0 Å². The molecule has 10 heteroatoms. The summed E-state index contributed by atoms with van der Waals surface area (Å²) in [5.41, 5.74) is 0.632. The minimum absolute atomic E-state index is 0.0117. The van der Waals surface area contributed by atoms with Crippen LogP contribution in [0, 0.1) is 11.8 Å². The summed E-state index contributed by atoms with van der Waals surface area (Å²) in [4.78, 5) is 41.9. The van der Waals surface area contributed by atoms with Crippen LogP contribution in [-0.2, 0) is 14.4 Å². The molecule has 3 amide bonds. The number of ether oxygens (including phenoxy) is 1. The number of unbranched alkanes of at least 4 members (excludes halogenated alkanes) is 1. The Morgan fingerprint density at radius 3 is 2.65 bits per heavy atom. The molecule has 1 spiro atoms. The third-order valence-corrected chi connectivity index (χ3v) is 10.2. The molecule has 0 saturated carbocycles. The molecule has 6 atom stereocenters. The van der Waals surface area contributed by atoms with E-state index < -0.39 is 22.6 Å². The maximum atomic E-state index is 13.6. The number of aliphatic hydroxyl groups is 1. The van der Waals surface area contributed by atoms with Gasteiger partial charge in [0.15, 0.2) is 0 Å². The average Bonchev–Trinajstić information content (AvgIpc) is 3.39. The van der Waals surface area contributed by atoms with Gasteiger partial charge in [-0.3, -0.25) is 14.4 Å². The molecule has 3 aliphatic heterocycles. The smallest absolute Gasteiger partial charge is 0.244 e. The molecule has 186 valence electrons. The van der Waals surface area contributed by atoms with E-state index in [1.807, 2.05) is 6.92 Å². The van der Waals surface area contributed by atoms with Gasteiger partial charge in [0.2, 0.25) is 17.7 Å². The van der Waals surface area contributed by atoms with E-state index in [2.05, 4.69) is 33.5 Å². The highest BCUT2D eigenvalue weighted by Crippen LogP contribution is 2.67. The molecule has 0 radical (unpaired) electrons. The second-order valence-electron chi connectivity index (χ2n) is 9.01. The van der Waals surface area contributed by atoms with Crippen LogP contribution in [0.15, 0.2) is 24.3 Å². The number of anilines is 1. The molecule has 4 rings (SSSR count). The van der Waals surface area contributed by atoms with Crippen LogP contribution < -0.4 is 15.4 Å². The Hall–Kier alpha value is -1.78. The van der Waals surface area contributed by atoms with E-state index >= 15 is 0 Å². The third kappa shape index (κ3) is 4.33. The number of hydrogen-bond acceptors (Lipinski definition) is 6. The molecule has 3 unspecified atom stereocenters. The Bertz CT molecular complexity index is 932. The SMILES string of the molecule is CCCCNC(=O)C1N(CCO)C(=O)[C@@H]2[C@H](C(=O)Nc3ccc(OCC)cc3)[C@H]3SC12CC3Br. The van der Waals surface area contributed by atoms with Gasteiger partial charge in [-0.2, -0.15) is 0 Å². The molecule has 1 aromatic rings. The minimum atomic E-state index is -0.702. The van der Waals surface area contributed by atoms with Crippen molar-refractivity contribution in [2.75, 3.05) is 31.6 Å². The number of likely N-dealkylation sites (tertiary alicyclic amines) is 1. The number of fused-ring (bicyclic) bond motifs is 1. The Kier molecular flexibility index (Phi) is 7.79. The number of rotatable bonds is 10. The molecule has 3 fully saturated rings. The quantitative estimate of drug-likeness (QED) is 0.303. The first-order valence-electron chi connectivity index (χ1n) is 11.9. The number of carbonyl (C=O) groups excluding carboxylic acids is 3. The van der Waals surface area contributed by atoms with Crippen molar-refractivity contribution in [1.29, 1.82) is 0 Å². The maximum absolute atomic E-state index is 13.6. The van der Waals surface area contributed by atoms with E-state index in [-0.39, 0.29) is 41.0 Å². The summed E-state index contributed by atoms with van der Waals surface area (Å²) in [7, 11) is 0. The number of carbonyl (C=O) groups is 3. The molecule has 3 N–H and O–H groups in total.